The number of unbranched alkanes of at least 4 members (excludes halogenated alkanes) is 27. The minimum atomic E-state index is -4.60. The van der Waals surface area contributed by atoms with Crippen molar-refractivity contribution in [3.05, 3.63) is 48.6 Å². The third-order valence-corrected chi connectivity index (χ3v) is 12.2. The molecular weight excluding hydrogens is 780 g/mol. The van der Waals surface area contributed by atoms with Crippen molar-refractivity contribution in [3.63, 3.8) is 0 Å². The van der Waals surface area contributed by atoms with Crippen LogP contribution >= 0.6 is 7.82 Å². The molecule has 0 aliphatic carbocycles. The van der Waals surface area contributed by atoms with Crippen LogP contribution in [-0.4, -0.2) is 68.5 Å². The minimum Gasteiger partial charge on any atom is -0.756 e. The van der Waals surface area contributed by atoms with Crippen LogP contribution in [0.5, 0.6) is 0 Å². The lowest BCUT2D eigenvalue weighted by atomic mass is 10.0. The number of phosphoric ester groups is 1. The fourth-order valence-electron chi connectivity index (χ4n) is 7.20. The van der Waals surface area contributed by atoms with Crippen molar-refractivity contribution in [2.75, 3.05) is 40.9 Å². The second-order valence-corrected chi connectivity index (χ2v) is 19.9. The molecule has 0 aromatic carbocycles. The van der Waals surface area contributed by atoms with Crippen LogP contribution in [0.1, 0.15) is 226 Å². The highest BCUT2D eigenvalue weighted by atomic mass is 31.2. The first-order chi connectivity index (χ1) is 29.5. The molecule has 3 unspecified atom stereocenters. The summed E-state index contributed by atoms with van der Waals surface area (Å²) in [6, 6.07) is -0.908. The highest BCUT2D eigenvalue weighted by molar-refractivity contribution is 7.45. The maximum absolute atomic E-state index is 12.9. The van der Waals surface area contributed by atoms with Crippen LogP contribution in [0.4, 0.5) is 0 Å². The topological polar surface area (TPSA) is 108 Å². The van der Waals surface area contributed by atoms with Gasteiger partial charge in [-0.1, -0.05) is 204 Å². The Hall–Kier alpha value is -1.54. The molecular formula is C52H99N2O6P. The van der Waals surface area contributed by atoms with Gasteiger partial charge in [-0.15, -0.1) is 0 Å². The van der Waals surface area contributed by atoms with Gasteiger partial charge in [-0.2, -0.15) is 0 Å². The van der Waals surface area contributed by atoms with Crippen LogP contribution in [-0.2, 0) is 18.4 Å². The molecule has 0 heterocycles. The third kappa shape index (κ3) is 46.3. The number of allylic oxidation sites excluding steroid dienone is 7. The Labute approximate surface area is 378 Å². The predicted molar refractivity (Wildman–Crippen MR) is 261 cm³/mol. The fourth-order valence-corrected chi connectivity index (χ4v) is 7.92. The molecule has 0 fully saturated rings. The molecule has 0 aliphatic heterocycles. The fraction of sp³-hybridized carbons (Fsp3) is 0.827. The van der Waals surface area contributed by atoms with Crippen molar-refractivity contribution in [2.24, 2.45) is 0 Å². The van der Waals surface area contributed by atoms with E-state index in [-0.39, 0.29) is 12.5 Å². The molecule has 0 radical (unpaired) electrons. The van der Waals surface area contributed by atoms with Gasteiger partial charge in [0.2, 0.25) is 5.91 Å². The van der Waals surface area contributed by atoms with Crippen LogP contribution in [0.25, 0.3) is 0 Å². The first kappa shape index (κ1) is 59.5. The number of nitrogens with zero attached hydrogens (tertiary/aromatic N) is 1. The Kier molecular flexibility index (Phi) is 42.6. The quantitative estimate of drug-likeness (QED) is 0.0273. The highest BCUT2D eigenvalue weighted by Gasteiger charge is 2.23. The molecule has 0 saturated heterocycles. The smallest absolute Gasteiger partial charge is 0.268 e. The first-order valence-corrected chi connectivity index (χ1v) is 27.0. The largest absolute Gasteiger partial charge is 0.756 e. The number of hydrogen-bond acceptors (Lipinski definition) is 6. The Bertz CT molecular complexity index is 1130. The first-order valence-electron chi connectivity index (χ1n) is 25.5. The summed E-state index contributed by atoms with van der Waals surface area (Å²) in [6.07, 6.45) is 56.0. The third-order valence-electron chi connectivity index (χ3n) is 11.3. The number of quaternary nitrogens is 1. The molecule has 358 valence electrons. The Morgan fingerprint density at radius 1 is 0.574 bits per heavy atom. The predicted octanol–water partition coefficient (Wildman–Crippen LogP) is 14.2. The summed E-state index contributed by atoms with van der Waals surface area (Å²) >= 11 is 0. The lowest BCUT2D eigenvalue weighted by molar-refractivity contribution is -0.870. The number of hydrogen-bond donors (Lipinski definition) is 2. The number of aliphatic hydroxyl groups is 1. The molecule has 1 amide bonds. The van der Waals surface area contributed by atoms with Gasteiger partial charge < -0.3 is 28.8 Å². The highest BCUT2D eigenvalue weighted by Crippen LogP contribution is 2.38. The number of aliphatic hydroxyl groups excluding tert-OH is 1. The number of likely N-dealkylation sites (N-methyl/N-ethyl adjacent to an activating group) is 1. The van der Waals surface area contributed by atoms with Crippen molar-refractivity contribution in [3.8, 4) is 0 Å². The second-order valence-electron chi connectivity index (χ2n) is 18.5. The van der Waals surface area contributed by atoms with Gasteiger partial charge in [0.05, 0.1) is 39.9 Å². The van der Waals surface area contributed by atoms with Crippen molar-refractivity contribution in [1.29, 1.82) is 0 Å². The molecule has 0 bridgehead atoms. The SMILES string of the molecule is CCCCC/C=C\C/C=C\CCCCCCCCCC(=O)NC(COP(=O)([O-])OCC[N+](C)(C)C)C(O)/C=C/CC/C=C/CCCCCCCCCCCCCCCCCC. The van der Waals surface area contributed by atoms with E-state index in [4.69, 9.17) is 9.05 Å². The van der Waals surface area contributed by atoms with Gasteiger partial charge in [0.25, 0.3) is 7.82 Å². The summed E-state index contributed by atoms with van der Waals surface area (Å²) in [6.45, 7) is 4.60. The van der Waals surface area contributed by atoms with Crippen LogP contribution < -0.4 is 10.2 Å². The molecule has 8 nitrogen and oxygen atoms in total. The number of carbonyl (C=O) groups is 1. The maximum Gasteiger partial charge on any atom is 0.268 e. The van der Waals surface area contributed by atoms with Crippen molar-refractivity contribution >= 4 is 13.7 Å². The lowest BCUT2D eigenvalue weighted by Crippen LogP contribution is -2.45. The zero-order valence-electron chi connectivity index (χ0n) is 40.6. The Morgan fingerprint density at radius 3 is 1.46 bits per heavy atom. The maximum atomic E-state index is 12.9. The van der Waals surface area contributed by atoms with E-state index in [1.54, 1.807) is 6.08 Å². The van der Waals surface area contributed by atoms with E-state index in [2.05, 4.69) is 55.6 Å². The zero-order chi connectivity index (χ0) is 45.0. The molecule has 0 aromatic rings. The van der Waals surface area contributed by atoms with Gasteiger partial charge in [-0.25, -0.2) is 0 Å². The van der Waals surface area contributed by atoms with E-state index in [1.165, 1.54) is 148 Å². The van der Waals surface area contributed by atoms with E-state index in [9.17, 15) is 19.4 Å². The average molecular weight is 879 g/mol. The summed E-state index contributed by atoms with van der Waals surface area (Å²) in [5.74, 6) is -0.215. The molecule has 0 rings (SSSR count). The van der Waals surface area contributed by atoms with Gasteiger partial charge in [0, 0.05) is 6.42 Å². The van der Waals surface area contributed by atoms with E-state index in [1.807, 2.05) is 27.2 Å². The monoisotopic (exact) mass is 879 g/mol. The standard InChI is InChI=1S/C52H99N2O6P/c1-6-8-10-12-14-16-18-20-22-24-25-26-27-28-30-31-33-35-37-39-41-43-45-51(55)50(49-60-61(57,58)59-48-47-54(3,4)5)53-52(56)46-44-42-40-38-36-34-32-29-23-21-19-17-15-13-11-9-7-2/h15,17,21,23,35,37,43,45,50-51,55H,6-14,16,18-20,22,24-34,36,38-42,44,46-49H2,1-5H3,(H-,53,56,57,58)/b17-15-,23-21-,37-35+,45-43+. The molecule has 0 saturated carbocycles. The van der Waals surface area contributed by atoms with E-state index in [0.29, 0.717) is 17.4 Å². The minimum absolute atomic E-state index is 0.00900. The molecule has 3 atom stereocenters. The average Bonchev–Trinajstić information content (AvgIpc) is 3.21. The van der Waals surface area contributed by atoms with Crippen LogP contribution in [0, 0.1) is 0 Å². The molecule has 9 heteroatoms. The van der Waals surface area contributed by atoms with E-state index in [0.717, 1.165) is 57.8 Å². The van der Waals surface area contributed by atoms with Gasteiger partial charge in [-0.3, -0.25) is 9.36 Å². The number of rotatable bonds is 46. The summed E-state index contributed by atoms with van der Waals surface area (Å²) < 4.78 is 23.3. The zero-order valence-corrected chi connectivity index (χ0v) is 41.5. The van der Waals surface area contributed by atoms with Crippen LogP contribution in [0.15, 0.2) is 48.6 Å². The van der Waals surface area contributed by atoms with Gasteiger partial charge >= 0.3 is 0 Å². The molecule has 2 N–H and O–H groups in total. The van der Waals surface area contributed by atoms with E-state index >= 15 is 0 Å². The molecule has 0 aromatic heterocycles. The number of nitrogens with one attached hydrogen (secondary N) is 1. The van der Waals surface area contributed by atoms with Crippen LogP contribution in [0.3, 0.4) is 0 Å². The second kappa shape index (κ2) is 43.7. The van der Waals surface area contributed by atoms with Crippen LogP contribution in [0.2, 0.25) is 0 Å². The molecule has 61 heavy (non-hydrogen) atoms. The Morgan fingerprint density at radius 2 is 0.967 bits per heavy atom. The molecule has 0 spiro atoms. The summed E-state index contributed by atoms with van der Waals surface area (Å²) in [4.78, 5) is 25.4. The normalized spacial score (nSPS) is 14.5. The summed E-state index contributed by atoms with van der Waals surface area (Å²) in [7, 11) is 1.24. The number of amides is 1. The van der Waals surface area contributed by atoms with Crippen molar-refractivity contribution < 1.29 is 32.9 Å². The van der Waals surface area contributed by atoms with Crippen molar-refractivity contribution in [2.45, 2.75) is 238 Å². The Balaban J connectivity index is 4.37. The summed E-state index contributed by atoms with van der Waals surface area (Å²) in [5.41, 5.74) is 0. The summed E-state index contributed by atoms with van der Waals surface area (Å²) in [5, 5.41) is 13.8. The number of carbonyl (C=O) groups excluding carboxylic acids is 1. The number of phosphoric acid groups is 1. The lowest BCUT2D eigenvalue weighted by Gasteiger charge is -2.29. The van der Waals surface area contributed by atoms with E-state index < -0.39 is 26.6 Å². The van der Waals surface area contributed by atoms with Gasteiger partial charge in [0.1, 0.15) is 13.2 Å². The van der Waals surface area contributed by atoms with Gasteiger partial charge in [0.15, 0.2) is 0 Å². The molecule has 0 aliphatic rings. The van der Waals surface area contributed by atoms with Crippen molar-refractivity contribution in [1.82, 2.24) is 5.32 Å². The van der Waals surface area contributed by atoms with Gasteiger partial charge in [-0.05, 0) is 64.2 Å².